The molecular formula is C19H29BN3S+. The zero-order chi connectivity index (χ0) is 17.4. The predicted octanol–water partition coefficient (Wildman–Crippen LogP) is 4.82. The molecule has 0 bridgehead atoms. The van der Waals surface area contributed by atoms with Gasteiger partial charge in [-0.05, 0) is 36.7 Å². The SMILES string of the molecule is CCCCB(CCCC)[n+]1ccsc1/N=C(\N)c1ccc(C)cc1. The third-order valence-corrected chi connectivity index (χ3v) is 5.13. The average molecular weight is 342 g/mol. The van der Waals surface area contributed by atoms with Crippen LogP contribution in [0.2, 0.25) is 12.6 Å². The van der Waals surface area contributed by atoms with E-state index in [4.69, 9.17) is 10.7 Å². The van der Waals surface area contributed by atoms with Gasteiger partial charge in [0.05, 0.1) is 6.20 Å². The van der Waals surface area contributed by atoms with E-state index in [0.717, 1.165) is 10.7 Å². The van der Waals surface area contributed by atoms with Crippen LogP contribution in [0.3, 0.4) is 0 Å². The van der Waals surface area contributed by atoms with Gasteiger partial charge in [-0.2, -0.15) is 0 Å². The number of benzene rings is 1. The number of aryl methyl sites for hydroxylation is 1. The van der Waals surface area contributed by atoms with Crippen molar-refractivity contribution in [3.8, 4) is 0 Å². The fraction of sp³-hybridized carbons (Fsp3) is 0.474. The van der Waals surface area contributed by atoms with E-state index in [1.807, 2.05) is 12.1 Å². The number of rotatable bonds is 9. The summed E-state index contributed by atoms with van der Waals surface area (Å²) in [6, 6.07) is 8.23. The molecule has 0 aliphatic rings. The summed E-state index contributed by atoms with van der Waals surface area (Å²) in [4.78, 5) is 4.73. The van der Waals surface area contributed by atoms with Crippen molar-refractivity contribution in [3.63, 3.8) is 0 Å². The van der Waals surface area contributed by atoms with Gasteiger partial charge in [-0.25, -0.2) is 0 Å². The van der Waals surface area contributed by atoms with E-state index in [9.17, 15) is 0 Å². The van der Waals surface area contributed by atoms with Crippen molar-refractivity contribution in [2.75, 3.05) is 0 Å². The Balaban J connectivity index is 2.23. The van der Waals surface area contributed by atoms with Crippen LogP contribution in [0.4, 0.5) is 5.13 Å². The molecule has 2 aromatic rings. The van der Waals surface area contributed by atoms with Crippen molar-refractivity contribution < 1.29 is 4.48 Å². The van der Waals surface area contributed by atoms with Crippen molar-refractivity contribution in [2.24, 2.45) is 10.7 Å². The van der Waals surface area contributed by atoms with Crippen molar-refractivity contribution in [2.45, 2.75) is 59.1 Å². The minimum atomic E-state index is 0.528. The van der Waals surface area contributed by atoms with E-state index in [1.165, 1.54) is 43.9 Å². The van der Waals surface area contributed by atoms with Crippen LogP contribution in [0, 0.1) is 6.92 Å². The first-order chi connectivity index (χ1) is 11.7. The van der Waals surface area contributed by atoms with Gasteiger partial charge in [-0.1, -0.05) is 68.6 Å². The third-order valence-electron chi connectivity index (χ3n) is 4.35. The second-order valence-corrected chi connectivity index (χ2v) is 7.27. The van der Waals surface area contributed by atoms with Gasteiger partial charge in [-0.3, -0.25) is 4.48 Å². The predicted molar refractivity (Wildman–Crippen MR) is 107 cm³/mol. The van der Waals surface area contributed by atoms with Crippen molar-refractivity contribution in [1.29, 1.82) is 0 Å². The zero-order valence-corrected chi connectivity index (χ0v) is 16.0. The summed E-state index contributed by atoms with van der Waals surface area (Å²) in [5, 5.41) is 3.12. The first-order valence-electron chi connectivity index (χ1n) is 9.05. The topological polar surface area (TPSA) is 42.3 Å². The molecule has 0 saturated carbocycles. The van der Waals surface area contributed by atoms with E-state index in [2.05, 4.69) is 49.0 Å². The molecule has 2 N–H and O–H groups in total. The van der Waals surface area contributed by atoms with Crippen molar-refractivity contribution in [1.82, 2.24) is 0 Å². The average Bonchev–Trinajstić information content (AvgIpc) is 3.03. The quantitative estimate of drug-likeness (QED) is 0.396. The van der Waals surface area contributed by atoms with Crippen LogP contribution >= 0.6 is 11.3 Å². The van der Waals surface area contributed by atoms with Crippen LogP contribution in [0.25, 0.3) is 0 Å². The lowest BCUT2D eigenvalue weighted by Gasteiger charge is -2.09. The molecule has 0 saturated heterocycles. The number of aliphatic imine (C=N–C) groups is 1. The van der Waals surface area contributed by atoms with Gasteiger partial charge in [0.1, 0.15) is 0 Å². The van der Waals surface area contributed by atoms with E-state index < -0.39 is 0 Å². The summed E-state index contributed by atoms with van der Waals surface area (Å²) in [6.45, 7) is 7.12. The van der Waals surface area contributed by atoms with Crippen LogP contribution < -0.4 is 10.2 Å². The van der Waals surface area contributed by atoms with Crippen LogP contribution in [0.5, 0.6) is 0 Å². The lowest BCUT2D eigenvalue weighted by atomic mass is 9.54. The molecule has 2 rings (SSSR count). The van der Waals surface area contributed by atoms with E-state index in [0.29, 0.717) is 12.7 Å². The lowest BCUT2D eigenvalue weighted by Crippen LogP contribution is -2.49. The minimum absolute atomic E-state index is 0.528. The van der Waals surface area contributed by atoms with Crippen LogP contribution in [-0.4, -0.2) is 12.7 Å². The van der Waals surface area contributed by atoms with Gasteiger partial charge in [0, 0.05) is 10.9 Å². The fourth-order valence-corrected chi connectivity index (χ4v) is 3.63. The number of hydrogen-bond acceptors (Lipinski definition) is 2. The standard InChI is InChI=1S/C19H28BN3S/c1-4-6-12-20(13-7-5-2)23-14-15-24-19(23)22-18(21)17-10-8-16(3)9-11-17/h8-11,14-15,21H,4-7,12-13H2,1-3H3/p+1. The first kappa shape index (κ1) is 18.7. The Morgan fingerprint density at radius 2 is 1.75 bits per heavy atom. The maximum absolute atomic E-state index is 6.25. The highest BCUT2D eigenvalue weighted by atomic mass is 32.1. The molecule has 24 heavy (non-hydrogen) atoms. The summed E-state index contributed by atoms with van der Waals surface area (Å²) in [7, 11) is 0. The summed E-state index contributed by atoms with van der Waals surface area (Å²) in [5.41, 5.74) is 8.47. The Morgan fingerprint density at radius 1 is 1.12 bits per heavy atom. The van der Waals surface area contributed by atoms with Gasteiger partial charge in [0.25, 0.3) is 0 Å². The highest BCUT2D eigenvalue weighted by molar-refractivity contribution is 7.13. The van der Waals surface area contributed by atoms with Crippen LogP contribution in [-0.2, 0) is 0 Å². The Labute approximate surface area is 150 Å². The molecule has 0 unspecified atom stereocenters. The van der Waals surface area contributed by atoms with Crippen molar-refractivity contribution >= 4 is 29.2 Å². The molecule has 0 aliphatic heterocycles. The molecule has 3 nitrogen and oxygen atoms in total. The molecule has 0 amide bonds. The highest BCUT2D eigenvalue weighted by Crippen LogP contribution is 2.18. The summed E-state index contributed by atoms with van der Waals surface area (Å²) < 4.78 is 2.33. The number of nitrogens with two attached hydrogens (primary N) is 1. The normalized spacial score (nSPS) is 11.7. The van der Waals surface area contributed by atoms with E-state index in [1.54, 1.807) is 11.3 Å². The Kier molecular flexibility index (Phi) is 7.51. The van der Waals surface area contributed by atoms with Gasteiger partial charge in [0.2, 0.25) is 5.84 Å². The molecule has 0 fully saturated rings. The maximum atomic E-state index is 6.25. The molecule has 1 heterocycles. The summed E-state index contributed by atoms with van der Waals surface area (Å²) in [6.07, 6.45) is 9.58. The molecule has 5 heteroatoms. The Bertz CT molecular complexity index is 641. The van der Waals surface area contributed by atoms with Crippen LogP contribution in [0.1, 0.15) is 50.7 Å². The maximum Gasteiger partial charge on any atom is 0.379 e. The van der Waals surface area contributed by atoms with Gasteiger partial charge in [-0.15, -0.1) is 0 Å². The molecular weight excluding hydrogens is 313 g/mol. The first-order valence-corrected chi connectivity index (χ1v) is 9.93. The largest absolute Gasteiger partial charge is 0.379 e. The van der Waals surface area contributed by atoms with Gasteiger partial charge in [0.15, 0.2) is 0 Å². The highest BCUT2D eigenvalue weighted by Gasteiger charge is 2.27. The summed E-state index contributed by atoms with van der Waals surface area (Å²) >= 11 is 1.67. The van der Waals surface area contributed by atoms with Crippen molar-refractivity contribution in [3.05, 3.63) is 47.0 Å². The number of amidine groups is 1. The number of nitrogens with zero attached hydrogens (tertiary/aromatic N) is 2. The second kappa shape index (κ2) is 9.63. The second-order valence-electron chi connectivity index (χ2n) is 6.39. The molecule has 0 radical (unpaired) electrons. The number of aromatic nitrogens is 1. The lowest BCUT2D eigenvalue weighted by molar-refractivity contribution is -0.519. The monoisotopic (exact) mass is 342 g/mol. The van der Waals surface area contributed by atoms with Gasteiger partial charge >= 0.3 is 12.0 Å². The molecule has 0 atom stereocenters. The zero-order valence-electron chi connectivity index (χ0n) is 15.2. The number of thiazole rings is 1. The molecule has 1 aromatic carbocycles. The number of hydrogen-bond donors (Lipinski definition) is 1. The van der Waals surface area contributed by atoms with E-state index in [-0.39, 0.29) is 0 Å². The Morgan fingerprint density at radius 3 is 2.33 bits per heavy atom. The number of unbranched alkanes of at least 4 members (excludes halogenated alkanes) is 2. The molecule has 0 aliphatic carbocycles. The summed E-state index contributed by atoms with van der Waals surface area (Å²) in [5.74, 6) is 0.593. The molecule has 1 aromatic heterocycles. The minimum Gasteiger partial charge on any atom is -0.362 e. The molecule has 128 valence electrons. The third kappa shape index (κ3) is 5.20. The Hall–Kier alpha value is -1.62. The van der Waals surface area contributed by atoms with Crippen LogP contribution in [0.15, 0.2) is 40.8 Å². The smallest absolute Gasteiger partial charge is 0.362 e. The van der Waals surface area contributed by atoms with Gasteiger partial charge < -0.3 is 5.73 Å². The molecule has 0 spiro atoms. The van der Waals surface area contributed by atoms with E-state index >= 15 is 0 Å². The fourth-order valence-electron chi connectivity index (χ4n) is 2.84.